The maximum absolute atomic E-state index is 12.5. The van der Waals surface area contributed by atoms with Crippen molar-refractivity contribution in [1.82, 2.24) is 10.2 Å². The van der Waals surface area contributed by atoms with Gasteiger partial charge in [0.1, 0.15) is 12.4 Å². The summed E-state index contributed by atoms with van der Waals surface area (Å²) in [5.74, 6) is 0.729. The maximum Gasteiger partial charge on any atom is 0.416 e. The van der Waals surface area contributed by atoms with Crippen LogP contribution in [0.5, 0.6) is 5.75 Å². The molecule has 6 nitrogen and oxygen atoms in total. The van der Waals surface area contributed by atoms with Crippen molar-refractivity contribution in [1.29, 1.82) is 0 Å². The van der Waals surface area contributed by atoms with Crippen LogP contribution in [0.3, 0.4) is 0 Å². The number of esters is 1. The van der Waals surface area contributed by atoms with E-state index in [1.165, 1.54) is 19.2 Å². The lowest BCUT2D eigenvalue weighted by Gasteiger charge is -2.21. The second-order valence-corrected chi connectivity index (χ2v) is 6.36. The minimum absolute atomic E-state index is 0.152. The van der Waals surface area contributed by atoms with Crippen molar-refractivity contribution < 1.29 is 27.4 Å². The SMILES string of the molecule is CN=C(NCCOc1ccc(C(F)(F)F)cc1)N1CC(C)C(C(=O)OC)C1. The molecule has 27 heavy (non-hydrogen) atoms. The Kier molecular flexibility index (Phi) is 6.92. The molecule has 1 aliphatic heterocycles. The largest absolute Gasteiger partial charge is 0.492 e. The molecule has 1 aliphatic rings. The molecule has 2 rings (SSSR count). The van der Waals surface area contributed by atoms with Crippen LogP contribution >= 0.6 is 0 Å². The first kappa shape index (κ1) is 20.9. The van der Waals surface area contributed by atoms with Crippen LogP contribution in [0.15, 0.2) is 29.3 Å². The monoisotopic (exact) mass is 387 g/mol. The van der Waals surface area contributed by atoms with E-state index in [9.17, 15) is 18.0 Å². The second-order valence-electron chi connectivity index (χ2n) is 6.36. The highest BCUT2D eigenvalue weighted by Gasteiger charge is 2.36. The van der Waals surface area contributed by atoms with Gasteiger partial charge in [0.15, 0.2) is 5.96 Å². The molecule has 0 aliphatic carbocycles. The number of ether oxygens (including phenoxy) is 2. The van der Waals surface area contributed by atoms with Crippen molar-refractivity contribution >= 4 is 11.9 Å². The van der Waals surface area contributed by atoms with E-state index in [4.69, 9.17) is 9.47 Å². The molecule has 1 fully saturated rings. The summed E-state index contributed by atoms with van der Waals surface area (Å²) in [4.78, 5) is 18.0. The van der Waals surface area contributed by atoms with Crippen LogP contribution in [0.25, 0.3) is 0 Å². The van der Waals surface area contributed by atoms with Gasteiger partial charge in [0, 0.05) is 20.1 Å². The molecule has 0 amide bonds. The van der Waals surface area contributed by atoms with Crippen LogP contribution in [0.2, 0.25) is 0 Å². The zero-order chi connectivity index (χ0) is 20.0. The fraction of sp³-hybridized carbons (Fsp3) is 0.556. The number of carbonyl (C=O) groups is 1. The predicted octanol–water partition coefficient (Wildman–Crippen LogP) is 2.40. The number of hydrogen-bond donors (Lipinski definition) is 1. The maximum atomic E-state index is 12.5. The number of likely N-dealkylation sites (tertiary alicyclic amines) is 1. The number of carbonyl (C=O) groups excluding carboxylic acids is 1. The van der Waals surface area contributed by atoms with E-state index in [1.54, 1.807) is 7.05 Å². The number of aliphatic imine (C=N–C) groups is 1. The molecular weight excluding hydrogens is 363 g/mol. The fourth-order valence-corrected chi connectivity index (χ4v) is 3.00. The number of methoxy groups -OCH3 is 1. The van der Waals surface area contributed by atoms with E-state index in [0.717, 1.165) is 12.1 Å². The number of benzene rings is 1. The smallest absolute Gasteiger partial charge is 0.416 e. The first-order valence-corrected chi connectivity index (χ1v) is 8.59. The Morgan fingerprint density at radius 3 is 2.52 bits per heavy atom. The average molecular weight is 387 g/mol. The Morgan fingerprint density at radius 2 is 1.96 bits per heavy atom. The summed E-state index contributed by atoms with van der Waals surface area (Å²) < 4.78 is 47.9. The molecule has 150 valence electrons. The van der Waals surface area contributed by atoms with Crippen molar-refractivity contribution in [3.05, 3.63) is 29.8 Å². The summed E-state index contributed by atoms with van der Waals surface area (Å²) in [6.45, 7) is 3.87. The van der Waals surface area contributed by atoms with Gasteiger partial charge in [0.2, 0.25) is 0 Å². The molecule has 9 heteroatoms. The third kappa shape index (κ3) is 5.51. The summed E-state index contributed by atoms with van der Waals surface area (Å²) in [5.41, 5.74) is -0.711. The van der Waals surface area contributed by atoms with E-state index in [2.05, 4.69) is 10.3 Å². The molecule has 1 aromatic rings. The minimum Gasteiger partial charge on any atom is -0.492 e. The zero-order valence-corrected chi connectivity index (χ0v) is 15.5. The van der Waals surface area contributed by atoms with Crippen LogP contribution in [0.4, 0.5) is 13.2 Å². The van der Waals surface area contributed by atoms with Gasteiger partial charge in [0.05, 0.1) is 25.1 Å². The molecule has 1 saturated heterocycles. The first-order chi connectivity index (χ1) is 12.8. The van der Waals surface area contributed by atoms with E-state index in [1.807, 2.05) is 11.8 Å². The van der Waals surface area contributed by atoms with Gasteiger partial charge in [0.25, 0.3) is 0 Å². The number of hydrogen-bond acceptors (Lipinski definition) is 4. The van der Waals surface area contributed by atoms with Crippen molar-refractivity contribution in [2.75, 3.05) is 40.4 Å². The molecule has 1 aromatic carbocycles. The van der Waals surface area contributed by atoms with Gasteiger partial charge in [-0.25, -0.2) is 0 Å². The van der Waals surface area contributed by atoms with Gasteiger partial charge in [-0.3, -0.25) is 9.79 Å². The topological polar surface area (TPSA) is 63.2 Å². The number of rotatable bonds is 5. The second kappa shape index (κ2) is 8.96. The summed E-state index contributed by atoms with van der Waals surface area (Å²) >= 11 is 0. The Hall–Kier alpha value is -2.45. The van der Waals surface area contributed by atoms with Crippen LogP contribution < -0.4 is 10.1 Å². The summed E-state index contributed by atoms with van der Waals surface area (Å²) in [6, 6.07) is 4.56. The lowest BCUT2D eigenvalue weighted by Crippen LogP contribution is -2.42. The minimum atomic E-state index is -4.36. The van der Waals surface area contributed by atoms with Gasteiger partial charge in [-0.2, -0.15) is 13.2 Å². The van der Waals surface area contributed by atoms with Crippen molar-refractivity contribution in [3.63, 3.8) is 0 Å². The first-order valence-electron chi connectivity index (χ1n) is 8.59. The molecule has 1 heterocycles. The van der Waals surface area contributed by atoms with Crippen molar-refractivity contribution in [3.8, 4) is 5.75 Å². The predicted molar refractivity (Wildman–Crippen MR) is 94.5 cm³/mol. The van der Waals surface area contributed by atoms with Crippen molar-refractivity contribution in [2.24, 2.45) is 16.8 Å². The Bertz CT molecular complexity index is 662. The van der Waals surface area contributed by atoms with Gasteiger partial charge in [-0.1, -0.05) is 6.92 Å². The Morgan fingerprint density at radius 1 is 1.30 bits per heavy atom. The molecule has 0 radical (unpaired) electrons. The number of halogens is 3. The number of nitrogens with one attached hydrogen (secondary N) is 1. The Labute approximate surface area is 156 Å². The van der Waals surface area contributed by atoms with E-state index < -0.39 is 11.7 Å². The number of nitrogens with zero attached hydrogens (tertiary/aromatic N) is 2. The van der Waals surface area contributed by atoms with E-state index >= 15 is 0 Å². The normalized spacial score (nSPS) is 20.5. The lowest BCUT2D eigenvalue weighted by atomic mass is 9.99. The standard InChI is InChI=1S/C18H24F3N3O3/c1-12-10-24(11-15(12)16(25)26-3)17(22-2)23-8-9-27-14-6-4-13(5-7-14)18(19,20)21/h4-7,12,15H,8-11H2,1-3H3,(H,22,23). The lowest BCUT2D eigenvalue weighted by molar-refractivity contribution is -0.146. The Balaban J connectivity index is 1.79. The highest BCUT2D eigenvalue weighted by atomic mass is 19.4. The average Bonchev–Trinajstić information content (AvgIpc) is 3.02. The zero-order valence-electron chi connectivity index (χ0n) is 15.5. The molecule has 0 bridgehead atoms. The summed E-state index contributed by atoms with van der Waals surface area (Å²) in [6.07, 6.45) is -4.36. The number of guanidine groups is 1. The van der Waals surface area contributed by atoms with Crippen LogP contribution in [0.1, 0.15) is 12.5 Å². The highest BCUT2D eigenvalue weighted by molar-refractivity contribution is 5.82. The molecule has 0 aromatic heterocycles. The van der Waals surface area contributed by atoms with Gasteiger partial charge >= 0.3 is 12.1 Å². The molecule has 0 saturated carbocycles. The molecular formula is C18H24F3N3O3. The van der Waals surface area contributed by atoms with Crippen LogP contribution in [-0.2, 0) is 15.7 Å². The molecule has 1 N–H and O–H groups in total. The van der Waals surface area contributed by atoms with E-state index in [-0.39, 0.29) is 24.4 Å². The van der Waals surface area contributed by atoms with Gasteiger partial charge in [-0.15, -0.1) is 0 Å². The third-order valence-electron chi connectivity index (χ3n) is 4.46. The summed E-state index contributed by atoms with van der Waals surface area (Å²) in [7, 11) is 3.03. The molecule has 0 spiro atoms. The molecule has 2 unspecified atom stereocenters. The quantitative estimate of drug-likeness (QED) is 0.364. The van der Waals surface area contributed by atoms with Gasteiger partial charge in [-0.05, 0) is 30.2 Å². The molecule has 2 atom stereocenters. The summed E-state index contributed by atoms with van der Waals surface area (Å²) in [5, 5.41) is 3.13. The van der Waals surface area contributed by atoms with Crippen LogP contribution in [0, 0.1) is 11.8 Å². The van der Waals surface area contributed by atoms with Crippen molar-refractivity contribution in [2.45, 2.75) is 13.1 Å². The van der Waals surface area contributed by atoms with Gasteiger partial charge < -0.3 is 19.7 Å². The highest BCUT2D eigenvalue weighted by Crippen LogP contribution is 2.30. The van der Waals surface area contributed by atoms with E-state index in [0.29, 0.717) is 31.3 Å². The number of alkyl halides is 3. The fourth-order valence-electron chi connectivity index (χ4n) is 3.00. The van der Waals surface area contributed by atoms with Crippen LogP contribution in [-0.4, -0.2) is 57.2 Å². The third-order valence-corrected chi connectivity index (χ3v) is 4.46.